The van der Waals surface area contributed by atoms with Crippen LogP contribution in [0.15, 0.2) is 81.5 Å². The Bertz CT molecular complexity index is 1370. The number of nitrogens with one attached hydrogen (secondary N) is 1. The summed E-state index contributed by atoms with van der Waals surface area (Å²) in [7, 11) is 1.49. The molecule has 10 heteroatoms. The molecule has 0 atom stereocenters. The number of para-hydroxylation sites is 3. The van der Waals surface area contributed by atoms with Crippen molar-refractivity contribution in [3.05, 3.63) is 77.9 Å². The lowest BCUT2D eigenvalue weighted by Crippen LogP contribution is -2.19. The van der Waals surface area contributed by atoms with Crippen LogP contribution in [0, 0.1) is 0 Å². The van der Waals surface area contributed by atoms with E-state index in [9.17, 15) is 9.59 Å². The lowest BCUT2D eigenvalue weighted by Gasteiger charge is -2.12. The van der Waals surface area contributed by atoms with Crippen molar-refractivity contribution in [2.45, 2.75) is 12.1 Å². The zero-order chi connectivity index (χ0) is 25.3. The van der Waals surface area contributed by atoms with Crippen molar-refractivity contribution in [1.29, 1.82) is 0 Å². The summed E-state index contributed by atoms with van der Waals surface area (Å²) in [5.74, 6) is 0.233. The van der Waals surface area contributed by atoms with Gasteiger partial charge in [0.05, 0.1) is 25.7 Å². The molecule has 1 heterocycles. The van der Waals surface area contributed by atoms with Gasteiger partial charge in [-0.3, -0.25) is 4.79 Å². The molecule has 0 fully saturated rings. The summed E-state index contributed by atoms with van der Waals surface area (Å²) in [6, 6.07) is 19.1. The number of aromatic nitrogens is 1. The van der Waals surface area contributed by atoms with Crippen LogP contribution in [-0.2, 0) is 4.79 Å². The molecule has 0 spiro atoms. The van der Waals surface area contributed by atoms with Crippen LogP contribution in [0.5, 0.6) is 17.2 Å². The van der Waals surface area contributed by atoms with Crippen molar-refractivity contribution in [3.63, 3.8) is 0 Å². The maximum Gasteiger partial charge on any atom is 0.347 e. The lowest BCUT2D eigenvalue weighted by molar-refractivity contribution is -0.118. The molecule has 0 saturated heterocycles. The predicted octanol–water partition coefficient (Wildman–Crippen LogP) is 4.70. The number of benzene rings is 3. The summed E-state index contributed by atoms with van der Waals surface area (Å²) in [5, 5.41) is 4.40. The first-order valence-corrected chi connectivity index (χ1v) is 12.0. The highest BCUT2D eigenvalue weighted by molar-refractivity contribution is 7.99. The standard InChI is InChI=1S/C26H23N3O6S/c1-3-33-23-14-17(12-13-22(23)34-25(31)18-8-4-6-10-20(18)32-2)15-27-29-24(30)16-36-26-28-19-9-5-7-11-21(19)35-26/h4-15H,3,16H2,1-2H3,(H,29,30)/b27-15+. The number of ether oxygens (including phenoxy) is 3. The molecule has 184 valence electrons. The number of rotatable bonds is 10. The van der Waals surface area contributed by atoms with E-state index in [1.807, 2.05) is 31.2 Å². The molecule has 4 aromatic rings. The number of nitrogens with zero attached hydrogens (tertiary/aromatic N) is 2. The Balaban J connectivity index is 1.36. The molecule has 0 unspecified atom stereocenters. The number of hydrogen-bond acceptors (Lipinski definition) is 9. The summed E-state index contributed by atoms with van der Waals surface area (Å²) in [6.07, 6.45) is 1.47. The van der Waals surface area contributed by atoms with Crippen LogP contribution in [0.1, 0.15) is 22.8 Å². The Labute approximate surface area is 211 Å². The first-order chi connectivity index (χ1) is 17.6. The quantitative estimate of drug-likeness (QED) is 0.109. The lowest BCUT2D eigenvalue weighted by atomic mass is 10.2. The molecule has 0 radical (unpaired) electrons. The number of carbonyl (C=O) groups excluding carboxylic acids is 2. The van der Waals surface area contributed by atoms with E-state index < -0.39 is 5.97 Å². The van der Waals surface area contributed by atoms with Gasteiger partial charge in [0.25, 0.3) is 11.1 Å². The number of hydrogen-bond donors (Lipinski definition) is 1. The molecule has 36 heavy (non-hydrogen) atoms. The third kappa shape index (κ3) is 6.22. The van der Waals surface area contributed by atoms with Gasteiger partial charge in [0.15, 0.2) is 17.1 Å². The monoisotopic (exact) mass is 505 g/mol. The Morgan fingerprint density at radius 2 is 1.86 bits per heavy atom. The van der Waals surface area contributed by atoms with Crippen molar-refractivity contribution in [1.82, 2.24) is 10.4 Å². The van der Waals surface area contributed by atoms with Crippen molar-refractivity contribution < 1.29 is 28.2 Å². The zero-order valence-corrected chi connectivity index (χ0v) is 20.4. The molecular weight excluding hydrogens is 482 g/mol. The van der Waals surface area contributed by atoms with E-state index >= 15 is 0 Å². The van der Waals surface area contributed by atoms with E-state index in [1.54, 1.807) is 42.5 Å². The fraction of sp³-hybridized carbons (Fsp3) is 0.154. The molecular formula is C26H23N3O6S. The number of thioether (sulfide) groups is 1. The van der Waals surface area contributed by atoms with E-state index in [-0.39, 0.29) is 17.4 Å². The van der Waals surface area contributed by atoms with Gasteiger partial charge in [-0.15, -0.1) is 0 Å². The zero-order valence-electron chi connectivity index (χ0n) is 19.6. The van der Waals surface area contributed by atoms with Crippen molar-refractivity contribution in [3.8, 4) is 17.2 Å². The van der Waals surface area contributed by atoms with Gasteiger partial charge < -0.3 is 18.6 Å². The molecule has 0 bridgehead atoms. The topological polar surface area (TPSA) is 112 Å². The summed E-state index contributed by atoms with van der Waals surface area (Å²) in [6.45, 7) is 2.19. The van der Waals surface area contributed by atoms with Crippen molar-refractivity contribution in [2.75, 3.05) is 19.5 Å². The SMILES string of the molecule is CCOc1cc(/C=N/NC(=O)CSc2nc3ccccc3o2)ccc1OC(=O)c1ccccc1OC. The van der Waals surface area contributed by atoms with E-state index in [2.05, 4.69) is 15.5 Å². The van der Waals surface area contributed by atoms with Gasteiger partial charge in [-0.05, 0) is 55.0 Å². The average Bonchev–Trinajstić information content (AvgIpc) is 3.32. The van der Waals surface area contributed by atoms with Crippen molar-refractivity contribution in [2.24, 2.45) is 5.10 Å². The second kappa shape index (κ2) is 11.9. The molecule has 9 nitrogen and oxygen atoms in total. The molecule has 4 rings (SSSR count). The Morgan fingerprint density at radius 3 is 2.67 bits per heavy atom. The van der Waals surface area contributed by atoms with Crippen LogP contribution in [0.4, 0.5) is 0 Å². The Hall–Kier alpha value is -4.31. The molecule has 1 aromatic heterocycles. The van der Waals surface area contributed by atoms with Crippen LogP contribution >= 0.6 is 11.8 Å². The number of carbonyl (C=O) groups is 2. The van der Waals surface area contributed by atoms with E-state index in [1.165, 1.54) is 25.1 Å². The normalized spacial score (nSPS) is 10.9. The number of esters is 1. The highest BCUT2D eigenvalue weighted by Gasteiger charge is 2.17. The number of methoxy groups -OCH3 is 1. The number of fused-ring (bicyclic) bond motifs is 1. The fourth-order valence-electron chi connectivity index (χ4n) is 3.18. The summed E-state index contributed by atoms with van der Waals surface area (Å²) in [5.41, 5.74) is 4.81. The second-order valence-corrected chi connectivity index (χ2v) is 8.18. The molecule has 3 aromatic carbocycles. The van der Waals surface area contributed by atoms with Crippen LogP contribution < -0.4 is 19.6 Å². The van der Waals surface area contributed by atoms with Gasteiger partial charge in [-0.2, -0.15) is 5.10 Å². The maximum absolute atomic E-state index is 12.7. The fourth-order valence-corrected chi connectivity index (χ4v) is 3.81. The van der Waals surface area contributed by atoms with Crippen molar-refractivity contribution >= 4 is 41.0 Å². The van der Waals surface area contributed by atoms with Gasteiger partial charge in [-0.25, -0.2) is 15.2 Å². The largest absolute Gasteiger partial charge is 0.496 e. The van der Waals surface area contributed by atoms with Gasteiger partial charge in [0.2, 0.25) is 0 Å². The molecule has 0 aliphatic carbocycles. The van der Waals surface area contributed by atoms with Gasteiger partial charge in [0, 0.05) is 0 Å². The van der Waals surface area contributed by atoms with E-state index in [4.69, 9.17) is 18.6 Å². The minimum absolute atomic E-state index is 0.0895. The highest BCUT2D eigenvalue weighted by atomic mass is 32.2. The molecule has 1 amide bonds. The van der Waals surface area contributed by atoms with Crippen LogP contribution in [0.3, 0.4) is 0 Å². The molecule has 0 aliphatic rings. The summed E-state index contributed by atoms with van der Waals surface area (Å²) < 4.78 is 22.0. The predicted molar refractivity (Wildman–Crippen MR) is 136 cm³/mol. The number of hydrazone groups is 1. The summed E-state index contributed by atoms with van der Waals surface area (Å²) in [4.78, 5) is 29.1. The van der Waals surface area contributed by atoms with Gasteiger partial charge in [0.1, 0.15) is 16.8 Å². The minimum atomic E-state index is -0.571. The first-order valence-electron chi connectivity index (χ1n) is 11.0. The number of amides is 1. The van der Waals surface area contributed by atoms with Crippen LogP contribution in [-0.4, -0.2) is 42.5 Å². The van der Waals surface area contributed by atoms with Gasteiger partial charge in [-0.1, -0.05) is 36.0 Å². The molecule has 1 N–H and O–H groups in total. The van der Waals surface area contributed by atoms with Gasteiger partial charge >= 0.3 is 5.97 Å². The minimum Gasteiger partial charge on any atom is -0.496 e. The Morgan fingerprint density at radius 1 is 1.06 bits per heavy atom. The second-order valence-electron chi connectivity index (χ2n) is 7.26. The molecule has 0 aliphatic heterocycles. The van der Waals surface area contributed by atoms with Crippen LogP contribution in [0.2, 0.25) is 0 Å². The van der Waals surface area contributed by atoms with Crippen LogP contribution in [0.25, 0.3) is 11.1 Å². The third-order valence-corrected chi connectivity index (χ3v) is 5.63. The van der Waals surface area contributed by atoms with E-state index in [0.717, 1.165) is 5.52 Å². The smallest absolute Gasteiger partial charge is 0.347 e. The maximum atomic E-state index is 12.7. The van der Waals surface area contributed by atoms with E-state index in [0.29, 0.717) is 40.0 Å². The molecule has 0 saturated carbocycles. The highest BCUT2D eigenvalue weighted by Crippen LogP contribution is 2.30. The average molecular weight is 506 g/mol. The summed E-state index contributed by atoms with van der Waals surface area (Å²) >= 11 is 1.18. The first kappa shape index (κ1) is 24.8. The third-order valence-electron chi connectivity index (χ3n) is 4.80. The number of oxazole rings is 1. The Kier molecular flexibility index (Phi) is 8.20.